The summed E-state index contributed by atoms with van der Waals surface area (Å²) >= 11 is 0. The van der Waals surface area contributed by atoms with E-state index in [0.717, 1.165) is 29.6 Å². The molecular weight excluding hydrogens is 436 g/mol. The third-order valence-electron chi connectivity index (χ3n) is 5.56. The third-order valence-corrected chi connectivity index (χ3v) is 7.36. The van der Waals surface area contributed by atoms with Crippen LogP contribution in [0.4, 0.5) is 5.69 Å². The summed E-state index contributed by atoms with van der Waals surface area (Å²) in [6, 6.07) is 21.2. The molecule has 7 nitrogen and oxygen atoms in total. The number of carbonyl (C=O) groups is 1. The number of imidazole rings is 1. The van der Waals surface area contributed by atoms with Crippen LogP contribution < -0.4 is 9.62 Å². The van der Waals surface area contributed by atoms with Gasteiger partial charge in [0.2, 0.25) is 0 Å². The van der Waals surface area contributed by atoms with Crippen LogP contribution in [0.5, 0.6) is 0 Å². The van der Waals surface area contributed by atoms with Crippen molar-refractivity contribution in [2.45, 2.75) is 24.8 Å². The highest BCUT2D eigenvalue weighted by atomic mass is 32.2. The fourth-order valence-corrected chi connectivity index (χ4v) is 4.77. The van der Waals surface area contributed by atoms with Gasteiger partial charge in [-0.05, 0) is 61.9 Å². The van der Waals surface area contributed by atoms with Gasteiger partial charge in [-0.1, -0.05) is 29.8 Å². The van der Waals surface area contributed by atoms with Crippen molar-refractivity contribution in [3.63, 3.8) is 0 Å². The molecule has 4 aromatic rings. The SMILES string of the molecule is Cc1ccc(S(=O)(=O)N(C)c2ccc(C(=O)NCCCn3cnc4ccccc43)cc2)cc1. The summed E-state index contributed by atoms with van der Waals surface area (Å²) in [5.41, 5.74) is 3.98. The minimum absolute atomic E-state index is 0.193. The molecule has 0 radical (unpaired) electrons. The molecule has 1 aromatic heterocycles. The van der Waals surface area contributed by atoms with Crippen molar-refractivity contribution < 1.29 is 13.2 Å². The predicted octanol–water partition coefficient (Wildman–Crippen LogP) is 3.99. The lowest BCUT2D eigenvalue weighted by Gasteiger charge is -2.20. The molecule has 0 aliphatic carbocycles. The molecule has 0 aliphatic heterocycles. The molecule has 8 heteroatoms. The van der Waals surface area contributed by atoms with E-state index < -0.39 is 10.0 Å². The van der Waals surface area contributed by atoms with Gasteiger partial charge in [0.05, 0.1) is 27.9 Å². The molecule has 0 bridgehead atoms. The highest BCUT2D eigenvalue weighted by Crippen LogP contribution is 2.22. The highest BCUT2D eigenvalue weighted by Gasteiger charge is 2.21. The lowest BCUT2D eigenvalue weighted by atomic mass is 10.2. The van der Waals surface area contributed by atoms with E-state index in [-0.39, 0.29) is 10.8 Å². The minimum Gasteiger partial charge on any atom is -0.352 e. The Morgan fingerprint density at radius 3 is 2.42 bits per heavy atom. The van der Waals surface area contributed by atoms with Crippen molar-refractivity contribution in [2.24, 2.45) is 0 Å². The Morgan fingerprint density at radius 1 is 1.00 bits per heavy atom. The number of para-hydroxylation sites is 2. The maximum atomic E-state index is 12.9. The van der Waals surface area contributed by atoms with Crippen LogP contribution in [-0.4, -0.2) is 37.5 Å². The summed E-state index contributed by atoms with van der Waals surface area (Å²) in [5.74, 6) is -0.193. The van der Waals surface area contributed by atoms with Gasteiger partial charge in [0.25, 0.3) is 15.9 Å². The van der Waals surface area contributed by atoms with Crippen LogP contribution in [0, 0.1) is 6.92 Å². The first-order valence-electron chi connectivity index (χ1n) is 10.7. The molecule has 33 heavy (non-hydrogen) atoms. The van der Waals surface area contributed by atoms with E-state index in [1.807, 2.05) is 37.5 Å². The number of carbonyl (C=O) groups excluding carboxylic acids is 1. The van der Waals surface area contributed by atoms with Crippen molar-refractivity contribution in [3.8, 4) is 0 Å². The Hall–Kier alpha value is -3.65. The molecule has 0 saturated carbocycles. The summed E-state index contributed by atoms with van der Waals surface area (Å²) in [6.07, 6.45) is 2.58. The number of fused-ring (bicyclic) bond motifs is 1. The zero-order valence-electron chi connectivity index (χ0n) is 18.6. The van der Waals surface area contributed by atoms with Crippen LogP contribution in [-0.2, 0) is 16.6 Å². The van der Waals surface area contributed by atoms with E-state index in [0.29, 0.717) is 17.8 Å². The zero-order valence-corrected chi connectivity index (χ0v) is 19.4. The van der Waals surface area contributed by atoms with Gasteiger partial charge < -0.3 is 9.88 Å². The monoisotopic (exact) mass is 462 g/mol. The number of hydrogen-bond donors (Lipinski definition) is 1. The molecule has 0 saturated heterocycles. The molecule has 4 rings (SSSR count). The number of aromatic nitrogens is 2. The van der Waals surface area contributed by atoms with Gasteiger partial charge in [-0.15, -0.1) is 0 Å². The second-order valence-corrected chi connectivity index (χ2v) is 9.84. The topological polar surface area (TPSA) is 84.3 Å². The lowest BCUT2D eigenvalue weighted by Crippen LogP contribution is -2.27. The van der Waals surface area contributed by atoms with Crippen LogP contribution in [0.1, 0.15) is 22.3 Å². The molecule has 170 valence electrons. The summed E-state index contributed by atoms with van der Waals surface area (Å²) in [4.78, 5) is 17.1. The van der Waals surface area contributed by atoms with Crippen molar-refractivity contribution in [1.29, 1.82) is 0 Å². The number of nitrogens with zero attached hydrogens (tertiary/aromatic N) is 3. The predicted molar refractivity (Wildman–Crippen MR) is 130 cm³/mol. The minimum atomic E-state index is -3.67. The molecular formula is C25H26N4O3S. The fourth-order valence-electron chi connectivity index (χ4n) is 3.57. The lowest BCUT2D eigenvalue weighted by molar-refractivity contribution is 0.0953. The summed E-state index contributed by atoms with van der Waals surface area (Å²) in [5, 5.41) is 2.91. The Morgan fingerprint density at radius 2 is 1.70 bits per heavy atom. The molecule has 0 aliphatic rings. The van der Waals surface area contributed by atoms with Crippen LogP contribution in [0.25, 0.3) is 11.0 Å². The van der Waals surface area contributed by atoms with E-state index >= 15 is 0 Å². The van der Waals surface area contributed by atoms with E-state index in [2.05, 4.69) is 14.9 Å². The average molecular weight is 463 g/mol. The highest BCUT2D eigenvalue weighted by molar-refractivity contribution is 7.92. The van der Waals surface area contributed by atoms with E-state index in [4.69, 9.17) is 0 Å². The van der Waals surface area contributed by atoms with Crippen molar-refractivity contribution in [1.82, 2.24) is 14.9 Å². The molecule has 0 atom stereocenters. The molecule has 1 heterocycles. The van der Waals surface area contributed by atoms with Gasteiger partial charge >= 0.3 is 0 Å². The molecule has 0 spiro atoms. The number of sulfonamides is 1. The first kappa shape index (κ1) is 22.5. The average Bonchev–Trinajstić information content (AvgIpc) is 3.24. The quantitative estimate of drug-likeness (QED) is 0.401. The fraction of sp³-hybridized carbons (Fsp3) is 0.200. The van der Waals surface area contributed by atoms with Gasteiger partial charge in [-0.3, -0.25) is 9.10 Å². The van der Waals surface area contributed by atoms with E-state index in [1.54, 1.807) is 48.5 Å². The Kier molecular flexibility index (Phi) is 6.46. The number of aryl methyl sites for hydroxylation is 2. The molecule has 3 aromatic carbocycles. The van der Waals surface area contributed by atoms with Crippen molar-refractivity contribution in [3.05, 3.63) is 90.3 Å². The number of rotatable bonds is 8. The summed E-state index contributed by atoms with van der Waals surface area (Å²) < 4.78 is 29.0. The zero-order chi connectivity index (χ0) is 23.4. The van der Waals surface area contributed by atoms with Gasteiger partial charge in [0, 0.05) is 25.7 Å². The molecule has 1 N–H and O–H groups in total. The standard InChI is InChI=1S/C25H26N4O3S/c1-19-8-14-22(15-9-19)33(31,32)28(2)21-12-10-20(11-13-21)25(30)26-16-5-17-29-18-27-23-6-3-4-7-24(23)29/h3-4,6-15,18H,5,16-17H2,1-2H3,(H,26,30). The van der Waals surface area contributed by atoms with E-state index in [9.17, 15) is 13.2 Å². The second-order valence-electron chi connectivity index (χ2n) is 7.87. The van der Waals surface area contributed by atoms with Crippen molar-refractivity contribution in [2.75, 3.05) is 17.9 Å². The van der Waals surface area contributed by atoms with Crippen molar-refractivity contribution >= 4 is 32.7 Å². The maximum absolute atomic E-state index is 12.9. The Bertz CT molecular complexity index is 1360. The number of nitrogens with one attached hydrogen (secondary N) is 1. The number of amides is 1. The second kappa shape index (κ2) is 9.46. The van der Waals surface area contributed by atoms with E-state index in [1.165, 1.54) is 11.4 Å². The molecule has 1 amide bonds. The normalized spacial score (nSPS) is 11.5. The maximum Gasteiger partial charge on any atom is 0.264 e. The van der Waals surface area contributed by atoms with Crippen LogP contribution in [0.15, 0.2) is 84.0 Å². The van der Waals surface area contributed by atoms with Gasteiger partial charge in [0.15, 0.2) is 0 Å². The third kappa shape index (κ3) is 4.90. The molecule has 0 fully saturated rings. The molecule has 0 unspecified atom stereocenters. The largest absolute Gasteiger partial charge is 0.352 e. The van der Waals surface area contributed by atoms with Gasteiger partial charge in [-0.25, -0.2) is 13.4 Å². The Labute approximate surface area is 193 Å². The smallest absolute Gasteiger partial charge is 0.264 e. The number of benzene rings is 3. The Balaban J connectivity index is 1.33. The summed E-state index contributed by atoms with van der Waals surface area (Å²) in [7, 11) is -2.17. The first-order valence-corrected chi connectivity index (χ1v) is 12.1. The number of anilines is 1. The van der Waals surface area contributed by atoms with Crippen LogP contribution in [0.3, 0.4) is 0 Å². The summed E-state index contributed by atoms with van der Waals surface area (Å²) in [6.45, 7) is 3.18. The van der Waals surface area contributed by atoms with Gasteiger partial charge in [-0.2, -0.15) is 0 Å². The van der Waals surface area contributed by atoms with Crippen LogP contribution >= 0.6 is 0 Å². The first-order chi connectivity index (χ1) is 15.9. The van der Waals surface area contributed by atoms with Crippen LogP contribution in [0.2, 0.25) is 0 Å². The van der Waals surface area contributed by atoms with Gasteiger partial charge in [0.1, 0.15) is 0 Å². The number of hydrogen-bond acceptors (Lipinski definition) is 4.